The minimum atomic E-state index is 0.474. The third kappa shape index (κ3) is 3.26. The van der Waals surface area contributed by atoms with Gasteiger partial charge >= 0.3 is 0 Å². The second kappa shape index (κ2) is 8.03. The Labute approximate surface area is 203 Å². The van der Waals surface area contributed by atoms with Crippen LogP contribution in [-0.2, 0) is 0 Å². The molecule has 3 aromatic carbocycles. The topological polar surface area (TPSA) is 17.3 Å². The number of hydrogen-bond acceptors (Lipinski definition) is 3. The lowest BCUT2D eigenvalue weighted by atomic mass is 9.75. The lowest BCUT2D eigenvalue weighted by Gasteiger charge is -2.40. The highest BCUT2D eigenvalue weighted by molar-refractivity contribution is 8.00. The van der Waals surface area contributed by atoms with Crippen molar-refractivity contribution in [3.63, 3.8) is 0 Å². The van der Waals surface area contributed by atoms with Crippen molar-refractivity contribution in [3.05, 3.63) is 106 Å². The molecule has 4 aromatic rings. The van der Waals surface area contributed by atoms with Gasteiger partial charge in [-0.25, -0.2) is 4.99 Å². The highest BCUT2D eigenvalue weighted by atomic mass is 32.2. The number of fused-ring (bicyclic) bond motifs is 6. The Bertz CT molecular complexity index is 1340. The lowest BCUT2D eigenvalue weighted by Crippen LogP contribution is -2.34. The summed E-state index contributed by atoms with van der Waals surface area (Å²) in [5.74, 6) is 2.95. The fraction of sp³-hybridized carbons (Fsp3) is 0.276. The first-order chi connectivity index (χ1) is 16.4. The first kappa shape index (κ1) is 19.9. The minimum absolute atomic E-state index is 0.474. The van der Waals surface area contributed by atoms with Crippen LogP contribution in [0.1, 0.15) is 35.6 Å². The minimum Gasteiger partial charge on any atom is -0.279 e. The van der Waals surface area contributed by atoms with Crippen LogP contribution in [0.15, 0.2) is 101 Å². The molecule has 0 radical (unpaired) electrons. The van der Waals surface area contributed by atoms with E-state index in [9.17, 15) is 0 Å². The van der Waals surface area contributed by atoms with Crippen LogP contribution in [0.2, 0.25) is 0 Å². The Morgan fingerprint density at radius 1 is 0.758 bits per heavy atom. The van der Waals surface area contributed by atoms with Crippen LogP contribution < -0.4 is 4.80 Å². The predicted molar refractivity (Wildman–Crippen MR) is 138 cm³/mol. The van der Waals surface area contributed by atoms with Crippen molar-refractivity contribution in [1.29, 1.82) is 0 Å². The van der Waals surface area contributed by atoms with Crippen molar-refractivity contribution in [2.24, 2.45) is 22.7 Å². The second-order valence-electron chi connectivity index (χ2n) is 9.55. The largest absolute Gasteiger partial charge is 0.279 e. The van der Waals surface area contributed by atoms with E-state index >= 15 is 0 Å². The molecule has 33 heavy (non-hydrogen) atoms. The summed E-state index contributed by atoms with van der Waals surface area (Å²) in [6, 6.07) is 32.5. The smallest absolute Gasteiger partial charge is 0.195 e. The van der Waals surface area contributed by atoms with Crippen LogP contribution in [0.4, 0.5) is 5.69 Å². The Morgan fingerprint density at radius 2 is 1.42 bits per heavy atom. The van der Waals surface area contributed by atoms with E-state index < -0.39 is 0 Å². The summed E-state index contributed by atoms with van der Waals surface area (Å²) in [5, 5.41) is 2.14. The van der Waals surface area contributed by atoms with Crippen molar-refractivity contribution in [2.75, 3.05) is 0 Å². The molecule has 2 heterocycles. The van der Waals surface area contributed by atoms with Crippen LogP contribution in [0, 0.1) is 17.8 Å². The van der Waals surface area contributed by atoms with Crippen molar-refractivity contribution < 1.29 is 0 Å². The van der Waals surface area contributed by atoms with Gasteiger partial charge in [-0.3, -0.25) is 4.57 Å². The fourth-order valence-electron chi connectivity index (χ4n) is 6.44. The molecule has 3 aliphatic rings. The molecule has 2 fully saturated rings. The first-order valence-corrected chi connectivity index (χ1v) is 13.7. The molecule has 4 heteroatoms. The zero-order chi connectivity index (χ0) is 21.8. The normalized spacial score (nSPS) is 28.0. The number of hydrogen-bond donors (Lipinski definition) is 0. The number of thioether (sulfide) groups is 1. The van der Waals surface area contributed by atoms with E-state index in [0.717, 1.165) is 33.5 Å². The summed E-state index contributed by atoms with van der Waals surface area (Å²) in [6.07, 6.45) is 4.25. The van der Waals surface area contributed by atoms with Crippen LogP contribution in [0.3, 0.4) is 0 Å². The van der Waals surface area contributed by atoms with Crippen LogP contribution in [0.25, 0.3) is 5.69 Å². The van der Waals surface area contributed by atoms with E-state index in [0.29, 0.717) is 5.92 Å². The molecule has 5 atom stereocenters. The Hall–Kier alpha value is -2.56. The van der Waals surface area contributed by atoms with E-state index in [2.05, 4.69) is 107 Å². The van der Waals surface area contributed by atoms with E-state index in [-0.39, 0.29) is 0 Å². The maximum Gasteiger partial charge on any atom is 0.195 e. The van der Waals surface area contributed by atoms with Gasteiger partial charge in [0.05, 0.1) is 10.7 Å². The molecule has 2 aliphatic carbocycles. The molecule has 0 spiro atoms. The highest BCUT2D eigenvalue weighted by Gasteiger charge is 2.55. The number of thiazole rings is 1. The Balaban J connectivity index is 1.49. The SMILES string of the molecule is c1ccc(N=c2sc3c(n2-c2ccccc2)SC2C4CCC(C4)C2C3c2ccccc2)cc1. The molecule has 0 amide bonds. The number of rotatable bonds is 3. The van der Waals surface area contributed by atoms with Gasteiger partial charge in [0.15, 0.2) is 4.80 Å². The Morgan fingerprint density at radius 3 is 2.18 bits per heavy atom. The maximum atomic E-state index is 5.17. The molecule has 0 saturated heterocycles. The van der Waals surface area contributed by atoms with E-state index in [4.69, 9.17) is 4.99 Å². The molecule has 1 aliphatic heterocycles. The third-order valence-electron chi connectivity index (χ3n) is 7.78. The number of aromatic nitrogens is 1. The van der Waals surface area contributed by atoms with Gasteiger partial charge in [-0.05, 0) is 66.8 Å². The zero-order valence-electron chi connectivity index (χ0n) is 18.4. The van der Waals surface area contributed by atoms with Gasteiger partial charge in [-0.15, -0.1) is 11.8 Å². The molecule has 2 nitrogen and oxygen atoms in total. The molecule has 2 saturated carbocycles. The van der Waals surface area contributed by atoms with Crippen molar-refractivity contribution >= 4 is 28.8 Å². The monoisotopic (exact) mass is 466 g/mol. The van der Waals surface area contributed by atoms with Crippen LogP contribution in [-0.4, -0.2) is 9.82 Å². The highest BCUT2D eigenvalue weighted by Crippen LogP contribution is 2.64. The number of para-hydroxylation sites is 2. The summed E-state index contributed by atoms with van der Waals surface area (Å²) in [7, 11) is 0. The molecule has 1 aromatic heterocycles. The molecule has 0 N–H and O–H groups in total. The predicted octanol–water partition coefficient (Wildman–Crippen LogP) is 7.42. The second-order valence-corrected chi connectivity index (χ2v) is 11.7. The Kier molecular flexibility index (Phi) is 4.84. The third-order valence-corrected chi connectivity index (χ3v) is 10.6. The summed E-state index contributed by atoms with van der Waals surface area (Å²) in [6.45, 7) is 0. The van der Waals surface area contributed by atoms with Gasteiger partial charge in [0.25, 0.3) is 0 Å². The molecule has 164 valence electrons. The number of nitrogens with zero attached hydrogens (tertiary/aromatic N) is 2. The molecule has 2 bridgehead atoms. The zero-order valence-corrected chi connectivity index (χ0v) is 20.0. The van der Waals surface area contributed by atoms with Crippen LogP contribution in [0.5, 0.6) is 0 Å². The fourth-order valence-corrected chi connectivity index (χ4v) is 9.78. The number of benzene rings is 3. The van der Waals surface area contributed by atoms with Gasteiger partial charge in [-0.2, -0.15) is 0 Å². The van der Waals surface area contributed by atoms with Gasteiger partial charge in [-0.1, -0.05) is 78.1 Å². The van der Waals surface area contributed by atoms with Crippen molar-refractivity contribution in [1.82, 2.24) is 4.57 Å². The van der Waals surface area contributed by atoms with Crippen molar-refractivity contribution in [3.8, 4) is 5.69 Å². The van der Waals surface area contributed by atoms with Gasteiger partial charge < -0.3 is 0 Å². The maximum absolute atomic E-state index is 5.17. The molecule has 7 rings (SSSR count). The molecular weight excluding hydrogens is 440 g/mol. The average Bonchev–Trinajstić information content (AvgIpc) is 3.58. The molecule has 5 unspecified atom stereocenters. The van der Waals surface area contributed by atoms with Crippen LogP contribution >= 0.6 is 23.1 Å². The average molecular weight is 467 g/mol. The summed E-state index contributed by atoms with van der Waals surface area (Å²) >= 11 is 4.06. The quantitative estimate of drug-likeness (QED) is 0.307. The van der Waals surface area contributed by atoms with Gasteiger partial charge in [0.2, 0.25) is 0 Å². The summed E-state index contributed by atoms with van der Waals surface area (Å²) in [5.41, 5.74) is 3.71. The van der Waals surface area contributed by atoms with Crippen molar-refractivity contribution in [2.45, 2.75) is 35.5 Å². The summed E-state index contributed by atoms with van der Waals surface area (Å²) in [4.78, 5) is 7.76. The van der Waals surface area contributed by atoms with Gasteiger partial charge in [0.1, 0.15) is 0 Å². The standard InChI is InChI=1S/C29H26N2S2/c1-4-10-19(11-5-1)24-25-20-16-17-21(18-20)26(25)32-28-27(24)33-29(30-22-12-6-2-7-13-22)31(28)23-14-8-3-9-15-23/h1-15,20-21,24-26H,16-18H2. The van der Waals surface area contributed by atoms with E-state index in [1.807, 2.05) is 11.3 Å². The van der Waals surface area contributed by atoms with Gasteiger partial charge in [0, 0.05) is 21.7 Å². The van der Waals surface area contributed by atoms with E-state index in [1.165, 1.54) is 40.4 Å². The lowest BCUT2D eigenvalue weighted by molar-refractivity contribution is 0.307. The molecular formula is C29H26N2S2. The van der Waals surface area contributed by atoms with E-state index in [1.54, 1.807) is 0 Å². The summed E-state index contributed by atoms with van der Waals surface area (Å²) < 4.78 is 2.44. The first-order valence-electron chi connectivity index (χ1n) is 12.0.